The summed E-state index contributed by atoms with van der Waals surface area (Å²) in [4.78, 5) is 25.1. The summed E-state index contributed by atoms with van der Waals surface area (Å²) in [5.41, 5.74) is 1.52. The van der Waals surface area contributed by atoms with E-state index >= 15 is 0 Å². The van der Waals surface area contributed by atoms with Crippen LogP contribution in [-0.4, -0.2) is 45.0 Å². The van der Waals surface area contributed by atoms with Crippen molar-refractivity contribution in [3.05, 3.63) is 35.6 Å². The van der Waals surface area contributed by atoms with Gasteiger partial charge in [0.25, 0.3) is 5.91 Å². The SMILES string of the molecule is N#CCCN(CCC(F)(F)F)C(=O)c1csc(-c2ccnc3[nH]ccc23)n1.[HH]. The first-order valence-electron chi connectivity index (χ1n) is 8.00. The molecule has 0 saturated heterocycles. The van der Waals surface area contributed by atoms with Crippen LogP contribution in [0.1, 0.15) is 24.8 Å². The molecule has 0 atom stereocenters. The minimum atomic E-state index is -4.38. The first-order valence-corrected chi connectivity index (χ1v) is 8.88. The largest absolute Gasteiger partial charge is 0.390 e. The molecule has 142 valence electrons. The van der Waals surface area contributed by atoms with Gasteiger partial charge < -0.3 is 9.88 Å². The van der Waals surface area contributed by atoms with Crippen molar-refractivity contribution in [2.24, 2.45) is 0 Å². The molecule has 10 heteroatoms. The number of aromatic amines is 1. The Bertz CT molecular complexity index is 994. The van der Waals surface area contributed by atoms with Gasteiger partial charge in [-0.15, -0.1) is 11.3 Å². The van der Waals surface area contributed by atoms with Gasteiger partial charge in [0.05, 0.1) is 18.9 Å². The molecule has 0 aromatic carbocycles. The number of nitrogens with zero attached hydrogens (tertiary/aromatic N) is 4. The molecule has 0 aliphatic rings. The molecule has 3 aromatic heterocycles. The molecule has 0 bridgehead atoms. The van der Waals surface area contributed by atoms with Crippen molar-refractivity contribution < 1.29 is 19.4 Å². The fraction of sp³-hybridized carbons (Fsp3) is 0.294. The number of H-pyrrole nitrogens is 1. The second-order valence-corrected chi connectivity index (χ2v) is 6.56. The van der Waals surface area contributed by atoms with Crippen LogP contribution in [0, 0.1) is 11.3 Å². The van der Waals surface area contributed by atoms with Crippen molar-refractivity contribution in [2.75, 3.05) is 13.1 Å². The predicted octanol–water partition coefficient (Wildman–Crippen LogP) is 4.24. The first kappa shape index (κ1) is 18.8. The predicted molar refractivity (Wildman–Crippen MR) is 96.1 cm³/mol. The van der Waals surface area contributed by atoms with Gasteiger partial charge in [0.1, 0.15) is 16.3 Å². The monoisotopic (exact) mass is 395 g/mol. The zero-order valence-electron chi connectivity index (χ0n) is 14.0. The summed E-state index contributed by atoms with van der Waals surface area (Å²) >= 11 is 1.23. The van der Waals surface area contributed by atoms with E-state index in [1.807, 2.05) is 12.1 Å². The maximum atomic E-state index is 12.6. The van der Waals surface area contributed by atoms with Gasteiger partial charge in [0, 0.05) is 43.2 Å². The molecule has 3 aromatic rings. The van der Waals surface area contributed by atoms with Gasteiger partial charge in [0.2, 0.25) is 0 Å². The molecule has 0 unspecified atom stereocenters. The minimum Gasteiger partial charge on any atom is -0.346 e. The summed E-state index contributed by atoms with van der Waals surface area (Å²) in [6, 6.07) is 5.45. The molecule has 0 saturated carbocycles. The Labute approximate surface area is 157 Å². The maximum absolute atomic E-state index is 12.6. The highest BCUT2D eigenvalue weighted by Crippen LogP contribution is 2.30. The summed E-state index contributed by atoms with van der Waals surface area (Å²) in [5, 5.41) is 11.6. The Balaban J connectivity index is 0.00000280. The van der Waals surface area contributed by atoms with Crippen molar-refractivity contribution in [1.82, 2.24) is 19.9 Å². The van der Waals surface area contributed by atoms with Crippen molar-refractivity contribution in [3.8, 4) is 16.6 Å². The van der Waals surface area contributed by atoms with Crippen molar-refractivity contribution in [2.45, 2.75) is 19.0 Å². The molecule has 0 aliphatic heterocycles. The Kier molecular flexibility index (Phi) is 5.41. The Morgan fingerprint density at radius 3 is 2.93 bits per heavy atom. The molecule has 0 spiro atoms. The highest BCUT2D eigenvalue weighted by molar-refractivity contribution is 7.13. The lowest BCUT2D eigenvalue weighted by molar-refractivity contribution is -0.136. The third-order valence-corrected chi connectivity index (χ3v) is 4.74. The fourth-order valence-electron chi connectivity index (χ4n) is 2.57. The van der Waals surface area contributed by atoms with E-state index in [2.05, 4.69) is 15.0 Å². The molecule has 0 fully saturated rings. The zero-order valence-corrected chi connectivity index (χ0v) is 14.8. The normalized spacial score (nSPS) is 11.5. The topological polar surface area (TPSA) is 85.7 Å². The summed E-state index contributed by atoms with van der Waals surface area (Å²) in [6.07, 6.45) is -2.21. The molecule has 27 heavy (non-hydrogen) atoms. The summed E-state index contributed by atoms with van der Waals surface area (Å²) < 4.78 is 37.6. The van der Waals surface area contributed by atoms with Gasteiger partial charge in [0.15, 0.2) is 0 Å². The standard InChI is InChI=1S/C17H14F3N5OS.H2/c18-17(19,20)4-9-25(8-1-5-21)16(26)13-10-27-15(24-13)12-3-7-23-14-11(12)2-6-22-14;/h2-3,6-7,10H,1,4,8-9H2,(H,22,23);1H. The number of nitrogens with one attached hydrogen (secondary N) is 1. The number of nitriles is 1. The van der Waals surface area contributed by atoms with Crippen LogP contribution in [0.4, 0.5) is 13.2 Å². The zero-order chi connectivity index (χ0) is 19.4. The lowest BCUT2D eigenvalue weighted by Gasteiger charge is -2.21. The Morgan fingerprint density at radius 2 is 2.19 bits per heavy atom. The smallest absolute Gasteiger partial charge is 0.346 e. The highest BCUT2D eigenvalue weighted by Gasteiger charge is 2.29. The van der Waals surface area contributed by atoms with Crippen molar-refractivity contribution in [3.63, 3.8) is 0 Å². The molecule has 6 nitrogen and oxygen atoms in total. The number of aromatic nitrogens is 3. The summed E-state index contributed by atoms with van der Waals surface area (Å²) in [7, 11) is 0. The van der Waals surface area contributed by atoms with Crippen molar-refractivity contribution >= 4 is 28.3 Å². The Hall–Kier alpha value is -2.93. The van der Waals surface area contributed by atoms with E-state index in [1.54, 1.807) is 18.5 Å². The molecular formula is C17H16F3N5OS. The van der Waals surface area contributed by atoms with Crippen LogP contribution in [0.2, 0.25) is 0 Å². The van der Waals surface area contributed by atoms with Gasteiger partial charge in [-0.3, -0.25) is 4.79 Å². The van der Waals surface area contributed by atoms with E-state index in [9.17, 15) is 18.0 Å². The number of carbonyl (C=O) groups excluding carboxylic acids is 1. The van der Waals surface area contributed by atoms with Crippen LogP contribution in [0.15, 0.2) is 29.9 Å². The quantitative estimate of drug-likeness (QED) is 0.676. The number of halogens is 3. The number of hydrogen-bond acceptors (Lipinski definition) is 5. The molecule has 3 heterocycles. The third-order valence-electron chi connectivity index (χ3n) is 3.86. The maximum Gasteiger partial charge on any atom is 0.390 e. The van der Waals surface area contributed by atoms with Gasteiger partial charge in [-0.25, -0.2) is 9.97 Å². The number of fused-ring (bicyclic) bond motifs is 1. The van der Waals surface area contributed by atoms with Crippen LogP contribution in [0.5, 0.6) is 0 Å². The van der Waals surface area contributed by atoms with Gasteiger partial charge in [-0.1, -0.05) is 0 Å². The second kappa shape index (κ2) is 7.75. The number of thiazole rings is 1. The molecule has 1 N–H and O–H groups in total. The molecule has 3 rings (SSSR count). The fourth-order valence-corrected chi connectivity index (χ4v) is 3.40. The first-order chi connectivity index (χ1) is 12.9. The molecular weight excluding hydrogens is 379 g/mol. The average molecular weight is 395 g/mol. The number of amides is 1. The lowest BCUT2D eigenvalue weighted by Crippen LogP contribution is -2.35. The van der Waals surface area contributed by atoms with Crippen molar-refractivity contribution in [1.29, 1.82) is 5.26 Å². The van der Waals surface area contributed by atoms with Crippen LogP contribution in [0.25, 0.3) is 21.6 Å². The number of hydrogen-bond donors (Lipinski definition) is 1. The van der Waals surface area contributed by atoms with Gasteiger partial charge >= 0.3 is 6.18 Å². The average Bonchev–Trinajstić information content (AvgIpc) is 3.29. The highest BCUT2D eigenvalue weighted by atomic mass is 32.1. The van der Waals surface area contributed by atoms with Gasteiger partial charge in [-0.2, -0.15) is 18.4 Å². The van der Waals surface area contributed by atoms with Crippen LogP contribution in [-0.2, 0) is 0 Å². The number of pyridine rings is 1. The molecule has 0 aliphatic carbocycles. The van der Waals surface area contributed by atoms with E-state index in [-0.39, 0.29) is 20.1 Å². The Morgan fingerprint density at radius 1 is 1.37 bits per heavy atom. The number of alkyl halides is 3. The van der Waals surface area contributed by atoms with Crippen LogP contribution in [0.3, 0.4) is 0 Å². The van der Waals surface area contributed by atoms with Gasteiger partial charge in [-0.05, 0) is 12.1 Å². The third kappa shape index (κ3) is 4.43. The van der Waals surface area contributed by atoms with E-state index in [0.29, 0.717) is 10.7 Å². The van der Waals surface area contributed by atoms with E-state index in [1.165, 1.54) is 16.7 Å². The van der Waals surface area contributed by atoms with E-state index in [4.69, 9.17) is 5.26 Å². The second-order valence-electron chi connectivity index (χ2n) is 5.70. The molecule has 1 amide bonds. The lowest BCUT2D eigenvalue weighted by atomic mass is 10.2. The van der Waals surface area contributed by atoms with Crippen LogP contribution >= 0.6 is 11.3 Å². The molecule has 0 radical (unpaired) electrons. The number of rotatable bonds is 6. The van der Waals surface area contributed by atoms with E-state index in [0.717, 1.165) is 15.8 Å². The van der Waals surface area contributed by atoms with E-state index < -0.39 is 25.0 Å². The number of carbonyl (C=O) groups is 1. The minimum absolute atomic E-state index is 0. The van der Waals surface area contributed by atoms with Crippen LogP contribution < -0.4 is 0 Å². The summed E-state index contributed by atoms with van der Waals surface area (Å²) in [6.45, 7) is -0.580. The summed E-state index contributed by atoms with van der Waals surface area (Å²) in [5.74, 6) is -0.614.